The van der Waals surface area contributed by atoms with Gasteiger partial charge in [0.05, 0.1) is 22.9 Å². The molecule has 0 spiro atoms. The van der Waals surface area contributed by atoms with Crippen molar-refractivity contribution in [2.75, 3.05) is 11.1 Å². The summed E-state index contributed by atoms with van der Waals surface area (Å²) in [5.41, 5.74) is 8.68. The second kappa shape index (κ2) is 9.44. The summed E-state index contributed by atoms with van der Waals surface area (Å²) in [6.45, 7) is 4.03. The molecule has 7 nitrogen and oxygen atoms in total. The standard InChI is InChI=1S/C28H34FN3O4S/c1-3-28(4-2)15-25-26(22-12-6-18(29)14-24(22)32(25)37(35,36)16-28)17-5-11-21(27(30)34)23(13-17)31-19-7-9-20(33)10-8-19/h5-6,11-14,19-20,31,33H,3-4,7-10,15-16H2,1-2H3,(H2,30,34). The van der Waals surface area contributed by atoms with E-state index < -0.39 is 27.2 Å². The van der Waals surface area contributed by atoms with Gasteiger partial charge in [-0.05, 0) is 86.3 Å². The smallest absolute Gasteiger partial charge is 0.250 e. The van der Waals surface area contributed by atoms with Crippen molar-refractivity contribution in [2.45, 2.75) is 70.9 Å². The first-order chi connectivity index (χ1) is 17.6. The number of carbonyl (C=O) groups is 1. The first-order valence-corrected chi connectivity index (χ1v) is 14.6. The van der Waals surface area contributed by atoms with Crippen molar-refractivity contribution in [2.24, 2.45) is 11.1 Å². The third-order valence-corrected chi connectivity index (χ3v) is 10.4. The fourth-order valence-electron chi connectivity index (χ4n) is 6.12. The van der Waals surface area contributed by atoms with Gasteiger partial charge in [-0.2, -0.15) is 0 Å². The maximum atomic E-state index is 14.4. The molecule has 0 saturated heterocycles. The molecule has 1 amide bonds. The number of benzene rings is 2. The third-order valence-electron chi connectivity index (χ3n) is 8.42. The van der Waals surface area contributed by atoms with Crippen LogP contribution in [0.5, 0.6) is 0 Å². The van der Waals surface area contributed by atoms with Crippen molar-refractivity contribution in [3.63, 3.8) is 0 Å². The topological polar surface area (TPSA) is 114 Å². The van der Waals surface area contributed by atoms with E-state index in [1.807, 2.05) is 19.9 Å². The molecule has 1 saturated carbocycles. The molecule has 9 heteroatoms. The number of primary amides is 1. The number of carbonyl (C=O) groups excluding carboxylic acids is 1. The zero-order valence-corrected chi connectivity index (χ0v) is 22.1. The molecule has 1 aromatic heterocycles. The molecule has 37 heavy (non-hydrogen) atoms. The van der Waals surface area contributed by atoms with Crippen LogP contribution < -0.4 is 11.1 Å². The fraction of sp³-hybridized carbons (Fsp3) is 0.464. The molecule has 5 rings (SSSR count). The van der Waals surface area contributed by atoms with Crippen LogP contribution in [0.3, 0.4) is 0 Å². The Morgan fingerprint density at radius 2 is 1.84 bits per heavy atom. The van der Waals surface area contributed by atoms with Crippen molar-refractivity contribution in [3.8, 4) is 11.1 Å². The van der Waals surface area contributed by atoms with Gasteiger partial charge in [0.2, 0.25) is 10.0 Å². The number of aromatic nitrogens is 1. The van der Waals surface area contributed by atoms with E-state index >= 15 is 0 Å². The fourth-order valence-corrected chi connectivity index (χ4v) is 8.48. The van der Waals surface area contributed by atoms with Crippen LogP contribution in [0.15, 0.2) is 36.4 Å². The van der Waals surface area contributed by atoms with E-state index in [0.717, 1.165) is 24.0 Å². The number of nitrogens with two attached hydrogens (primary N) is 1. The minimum Gasteiger partial charge on any atom is -0.393 e. The number of nitrogens with zero attached hydrogens (tertiary/aromatic N) is 1. The van der Waals surface area contributed by atoms with Crippen LogP contribution in [0.1, 0.15) is 68.4 Å². The number of halogens is 1. The molecule has 4 N–H and O–H groups in total. The SMILES string of the molecule is CCC1(CC)Cc2c(-c3ccc(C(N)=O)c(NC4CCC(O)CC4)c3)c3ccc(F)cc3n2S(=O)(=O)C1. The molecule has 198 valence electrons. The highest BCUT2D eigenvalue weighted by Crippen LogP contribution is 2.46. The monoisotopic (exact) mass is 527 g/mol. The lowest BCUT2D eigenvalue weighted by molar-refractivity contribution is 0.100. The molecule has 0 unspecified atom stereocenters. The predicted molar refractivity (Wildman–Crippen MR) is 144 cm³/mol. The summed E-state index contributed by atoms with van der Waals surface area (Å²) < 4.78 is 42.9. The minimum atomic E-state index is -3.73. The van der Waals surface area contributed by atoms with Crippen LogP contribution in [0.2, 0.25) is 0 Å². The summed E-state index contributed by atoms with van der Waals surface area (Å²) in [5.74, 6) is -1.04. The number of anilines is 1. The van der Waals surface area contributed by atoms with E-state index in [1.54, 1.807) is 18.2 Å². The van der Waals surface area contributed by atoms with Gasteiger partial charge < -0.3 is 16.2 Å². The van der Waals surface area contributed by atoms with Crippen LogP contribution in [-0.2, 0) is 16.4 Å². The van der Waals surface area contributed by atoms with Crippen molar-refractivity contribution in [3.05, 3.63) is 53.5 Å². The van der Waals surface area contributed by atoms with Gasteiger partial charge in [-0.25, -0.2) is 16.8 Å². The average molecular weight is 528 g/mol. The zero-order chi connectivity index (χ0) is 26.5. The van der Waals surface area contributed by atoms with Crippen molar-refractivity contribution in [1.29, 1.82) is 0 Å². The molecule has 2 aliphatic rings. The Morgan fingerprint density at radius 3 is 2.49 bits per heavy atom. The Bertz CT molecular complexity index is 1470. The number of hydrogen-bond donors (Lipinski definition) is 3. The van der Waals surface area contributed by atoms with Gasteiger partial charge in [0.25, 0.3) is 5.91 Å². The molecular formula is C28H34FN3O4S. The normalized spacial score (nSPS) is 22.5. The van der Waals surface area contributed by atoms with Gasteiger partial charge >= 0.3 is 0 Å². The van der Waals surface area contributed by atoms with Crippen LogP contribution >= 0.6 is 0 Å². The van der Waals surface area contributed by atoms with Gasteiger partial charge in [-0.3, -0.25) is 4.79 Å². The quantitative estimate of drug-likeness (QED) is 0.426. The van der Waals surface area contributed by atoms with Crippen LogP contribution in [0, 0.1) is 11.2 Å². The summed E-state index contributed by atoms with van der Waals surface area (Å²) >= 11 is 0. The first-order valence-electron chi connectivity index (χ1n) is 13.0. The number of nitrogens with one attached hydrogen (secondary N) is 1. The lowest BCUT2D eigenvalue weighted by Gasteiger charge is -2.36. The Labute approximate surface area is 216 Å². The second-order valence-electron chi connectivity index (χ2n) is 10.7. The van der Waals surface area contributed by atoms with E-state index in [9.17, 15) is 22.7 Å². The summed E-state index contributed by atoms with van der Waals surface area (Å²) in [5, 5.41) is 14.0. The van der Waals surface area contributed by atoms with Crippen LogP contribution in [-0.4, -0.2) is 41.3 Å². The summed E-state index contributed by atoms with van der Waals surface area (Å²) in [4.78, 5) is 12.3. The predicted octanol–water partition coefficient (Wildman–Crippen LogP) is 4.80. The Balaban J connectivity index is 1.71. The number of amides is 1. The molecule has 2 aromatic carbocycles. The molecule has 1 aliphatic heterocycles. The van der Waals surface area contributed by atoms with E-state index in [1.165, 1.54) is 16.1 Å². The average Bonchev–Trinajstić information content (AvgIpc) is 3.18. The molecule has 2 heterocycles. The van der Waals surface area contributed by atoms with E-state index in [4.69, 9.17) is 5.73 Å². The third kappa shape index (κ3) is 4.52. The molecule has 1 fully saturated rings. The van der Waals surface area contributed by atoms with Gasteiger partial charge in [-0.1, -0.05) is 19.9 Å². The van der Waals surface area contributed by atoms with Crippen molar-refractivity contribution < 1.29 is 22.7 Å². The largest absolute Gasteiger partial charge is 0.393 e. The molecule has 0 bridgehead atoms. The lowest BCUT2D eigenvalue weighted by Crippen LogP contribution is -2.40. The lowest BCUT2D eigenvalue weighted by atomic mass is 9.78. The number of rotatable bonds is 6. The summed E-state index contributed by atoms with van der Waals surface area (Å²) in [6, 6.07) is 9.66. The van der Waals surface area contributed by atoms with Crippen molar-refractivity contribution >= 4 is 32.5 Å². The highest BCUT2D eigenvalue weighted by atomic mass is 32.2. The van der Waals surface area contributed by atoms with E-state index in [0.29, 0.717) is 60.0 Å². The van der Waals surface area contributed by atoms with Crippen molar-refractivity contribution in [1.82, 2.24) is 3.97 Å². The van der Waals surface area contributed by atoms with E-state index in [-0.39, 0.29) is 17.9 Å². The van der Waals surface area contributed by atoms with Gasteiger partial charge in [0, 0.05) is 28.4 Å². The Hall–Kier alpha value is -2.91. The molecular weight excluding hydrogens is 493 g/mol. The van der Waals surface area contributed by atoms with Gasteiger partial charge in [-0.15, -0.1) is 0 Å². The Morgan fingerprint density at radius 1 is 1.14 bits per heavy atom. The highest BCUT2D eigenvalue weighted by Gasteiger charge is 2.42. The van der Waals surface area contributed by atoms with Gasteiger partial charge in [0.15, 0.2) is 0 Å². The highest BCUT2D eigenvalue weighted by molar-refractivity contribution is 7.90. The zero-order valence-electron chi connectivity index (χ0n) is 21.3. The molecule has 0 radical (unpaired) electrons. The number of aliphatic hydroxyl groups excluding tert-OH is 1. The van der Waals surface area contributed by atoms with Gasteiger partial charge in [0.1, 0.15) is 5.82 Å². The number of aliphatic hydroxyl groups is 1. The molecule has 3 aromatic rings. The Kier molecular flexibility index (Phi) is 6.56. The van der Waals surface area contributed by atoms with E-state index in [2.05, 4.69) is 5.32 Å². The molecule has 0 atom stereocenters. The second-order valence-corrected chi connectivity index (χ2v) is 12.5. The molecule has 1 aliphatic carbocycles. The number of fused-ring (bicyclic) bond motifs is 3. The summed E-state index contributed by atoms with van der Waals surface area (Å²) in [6.07, 6.45) is 4.55. The maximum absolute atomic E-state index is 14.4. The minimum absolute atomic E-state index is 0.0146. The maximum Gasteiger partial charge on any atom is 0.250 e. The van der Waals surface area contributed by atoms with Crippen LogP contribution in [0.4, 0.5) is 10.1 Å². The first kappa shape index (κ1) is 25.7. The van der Waals surface area contributed by atoms with Crippen LogP contribution in [0.25, 0.3) is 22.0 Å². The number of hydrogen-bond acceptors (Lipinski definition) is 5. The summed E-state index contributed by atoms with van der Waals surface area (Å²) in [7, 11) is -3.73.